The summed E-state index contributed by atoms with van der Waals surface area (Å²) in [5.41, 5.74) is 0.753. The predicted octanol–water partition coefficient (Wildman–Crippen LogP) is 3.31. The van der Waals surface area contributed by atoms with Crippen LogP contribution in [0.5, 0.6) is 5.75 Å². The molecule has 0 heterocycles. The highest BCUT2D eigenvalue weighted by Gasteiger charge is 2.22. The number of carbonyl (C=O) groups is 1. The van der Waals surface area contributed by atoms with Gasteiger partial charge in [-0.3, -0.25) is 4.79 Å². The molecule has 2 rings (SSSR count). The van der Waals surface area contributed by atoms with Crippen LogP contribution in [0.4, 0.5) is 0 Å². The molecule has 0 spiro atoms. The number of ether oxygens (including phenoxy) is 1. The number of rotatable bonds is 5. The Hall–Kier alpha value is -1.31. The highest BCUT2D eigenvalue weighted by molar-refractivity contribution is 5.97. The summed E-state index contributed by atoms with van der Waals surface area (Å²) in [5.74, 6) is 1.78. The van der Waals surface area contributed by atoms with Crippen LogP contribution < -0.4 is 4.74 Å². The Kier molecular flexibility index (Phi) is 3.28. The van der Waals surface area contributed by atoms with Gasteiger partial charge in [0.2, 0.25) is 0 Å². The van der Waals surface area contributed by atoms with Crippen molar-refractivity contribution in [1.82, 2.24) is 0 Å². The van der Waals surface area contributed by atoms with Crippen LogP contribution in [-0.2, 0) is 0 Å². The lowest BCUT2D eigenvalue weighted by Crippen LogP contribution is -2.07. The van der Waals surface area contributed by atoms with E-state index in [0.717, 1.165) is 23.8 Å². The van der Waals surface area contributed by atoms with Gasteiger partial charge in [0.25, 0.3) is 0 Å². The van der Waals surface area contributed by atoms with Gasteiger partial charge in [0.05, 0.1) is 6.61 Å². The number of hydrogen-bond acceptors (Lipinski definition) is 2. The Bertz CT molecular complexity index is 378. The van der Waals surface area contributed by atoms with E-state index in [1.54, 1.807) is 0 Å². The van der Waals surface area contributed by atoms with Crippen LogP contribution in [0, 0.1) is 11.8 Å². The molecule has 1 aliphatic carbocycles. The van der Waals surface area contributed by atoms with E-state index in [-0.39, 0.29) is 11.7 Å². The number of carbonyl (C=O) groups excluding carboxylic acids is 1. The summed E-state index contributed by atoms with van der Waals surface area (Å²) < 4.78 is 5.65. The quantitative estimate of drug-likeness (QED) is 0.709. The first-order valence-electron chi connectivity index (χ1n) is 5.94. The first-order valence-corrected chi connectivity index (χ1v) is 5.94. The van der Waals surface area contributed by atoms with Gasteiger partial charge in [-0.05, 0) is 30.9 Å². The van der Waals surface area contributed by atoms with Crippen LogP contribution in [0.2, 0.25) is 0 Å². The van der Waals surface area contributed by atoms with Crippen molar-refractivity contribution in [1.29, 1.82) is 0 Å². The molecule has 1 aliphatic rings. The average molecular weight is 218 g/mol. The maximum Gasteiger partial charge on any atom is 0.165 e. The van der Waals surface area contributed by atoms with E-state index in [9.17, 15) is 4.79 Å². The van der Waals surface area contributed by atoms with Gasteiger partial charge in [-0.25, -0.2) is 0 Å². The first kappa shape index (κ1) is 11.2. The van der Waals surface area contributed by atoms with Crippen molar-refractivity contribution < 1.29 is 9.53 Å². The highest BCUT2D eigenvalue weighted by atomic mass is 16.5. The van der Waals surface area contributed by atoms with Gasteiger partial charge < -0.3 is 4.74 Å². The van der Waals surface area contributed by atoms with Gasteiger partial charge in [-0.2, -0.15) is 0 Å². The fourth-order valence-electron chi connectivity index (χ4n) is 1.57. The molecule has 0 aliphatic heterocycles. The Morgan fingerprint density at radius 1 is 1.44 bits per heavy atom. The minimum absolute atomic E-state index is 0.0404. The van der Waals surface area contributed by atoms with Crippen LogP contribution >= 0.6 is 0 Å². The predicted molar refractivity (Wildman–Crippen MR) is 63.8 cm³/mol. The Balaban J connectivity index is 2.02. The molecular weight excluding hydrogens is 200 g/mol. The fraction of sp³-hybridized carbons (Fsp3) is 0.500. The molecule has 1 aromatic carbocycles. The zero-order valence-electron chi connectivity index (χ0n) is 9.90. The molecule has 0 saturated heterocycles. The number of Topliss-reactive ketones (excluding diaryl/α,β-unsaturated/α-hetero) is 1. The molecule has 0 unspecified atom stereocenters. The third-order valence-electron chi connectivity index (χ3n) is 2.83. The lowest BCUT2D eigenvalue weighted by molar-refractivity contribution is 0.0939. The monoisotopic (exact) mass is 218 g/mol. The van der Waals surface area contributed by atoms with E-state index in [4.69, 9.17) is 4.74 Å². The standard InChI is InChI=1S/C14H18O2/c1-10(2)14(15)12-4-3-5-13(8-12)16-9-11-6-7-11/h3-5,8,10-11H,6-7,9H2,1-2H3. The molecule has 0 amide bonds. The Labute approximate surface area is 96.6 Å². The zero-order valence-corrected chi connectivity index (χ0v) is 9.90. The van der Waals surface area contributed by atoms with Crippen LogP contribution in [0.3, 0.4) is 0 Å². The number of benzene rings is 1. The van der Waals surface area contributed by atoms with Crippen LogP contribution in [-0.4, -0.2) is 12.4 Å². The van der Waals surface area contributed by atoms with Gasteiger partial charge in [-0.1, -0.05) is 26.0 Å². The summed E-state index contributed by atoms with van der Waals surface area (Å²) in [6, 6.07) is 7.51. The molecule has 16 heavy (non-hydrogen) atoms. The number of ketones is 1. The van der Waals surface area contributed by atoms with E-state index in [0.29, 0.717) is 0 Å². The van der Waals surface area contributed by atoms with Crippen LogP contribution in [0.1, 0.15) is 37.0 Å². The topological polar surface area (TPSA) is 26.3 Å². The van der Waals surface area contributed by atoms with Crippen LogP contribution in [0.25, 0.3) is 0 Å². The Morgan fingerprint density at radius 3 is 2.81 bits per heavy atom. The van der Waals surface area contributed by atoms with Gasteiger partial charge in [0, 0.05) is 11.5 Å². The van der Waals surface area contributed by atoms with Gasteiger partial charge in [-0.15, -0.1) is 0 Å². The third kappa shape index (κ3) is 2.84. The number of hydrogen-bond donors (Lipinski definition) is 0. The van der Waals surface area contributed by atoms with Gasteiger partial charge >= 0.3 is 0 Å². The maximum absolute atomic E-state index is 11.8. The molecule has 1 saturated carbocycles. The van der Waals surface area contributed by atoms with E-state index < -0.39 is 0 Å². The molecule has 86 valence electrons. The van der Waals surface area contributed by atoms with E-state index in [1.807, 2.05) is 38.1 Å². The van der Waals surface area contributed by atoms with Crippen molar-refractivity contribution in [3.05, 3.63) is 29.8 Å². The zero-order chi connectivity index (χ0) is 11.5. The molecule has 0 bridgehead atoms. The minimum atomic E-state index is 0.0404. The molecule has 1 fully saturated rings. The van der Waals surface area contributed by atoms with Crippen LogP contribution in [0.15, 0.2) is 24.3 Å². The fourth-order valence-corrected chi connectivity index (χ4v) is 1.57. The van der Waals surface area contributed by atoms with Gasteiger partial charge in [0.1, 0.15) is 5.75 Å². The molecule has 0 aromatic heterocycles. The van der Waals surface area contributed by atoms with Gasteiger partial charge in [0.15, 0.2) is 5.78 Å². The van der Waals surface area contributed by atoms with E-state index in [1.165, 1.54) is 12.8 Å². The lowest BCUT2D eigenvalue weighted by Gasteiger charge is -2.08. The molecule has 0 atom stereocenters. The van der Waals surface area contributed by atoms with Crippen molar-refractivity contribution in [2.45, 2.75) is 26.7 Å². The summed E-state index contributed by atoms with van der Waals surface area (Å²) in [6.45, 7) is 4.62. The van der Waals surface area contributed by atoms with Crippen molar-refractivity contribution in [2.75, 3.05) is 6.61 Å². The molecule has 2 nitrogen and oxygen atoms in total. The van der Waals surface area contributed by atoms with Crippen molar-refractivity contribution in [2.24, 2.45) is 11.8 Å². The second kappa shape index (κ2) is 4.69. The molecule has 0 radical (unpaired) electrons. The second-order valence-electron chi connectivity index (χ2n) is 4.80. The highest BCUT2D eigenvalue weighted by Crippen LogP contribution is 2.29. The largest absolute Gasteiger partial charge is 0.493 e. The van der Waals surface area contributed by atoms with E-state index >= 15 is 0 Å². The second-order valence-corrected chi connectivity index (χ2v) is 4.80. The normalized spacial score (nSPS) is 15.2. The molecular formula is C14H18O2. The SMILES string of the molecule is CC(C)C(=O)c1cccc(OCC2CC2)c1. The first-order chi connectivity index (χ1) is 7.66. The summed E-state index contributed by atoms with van der Waals surface area (Å²) in [7, 11) is 0. The van der Waals surface area contributed by atoms with Crippen molar-refractivity contribution >= 4 is 5.78 Å². The Morgan fingerprint density at radius 2 is 2.19 bits per heavy atom. The lowest BCUT2D eigenvalue weighted by atomic mass is 10.0. The summed E-state index contributed by atoms with van der Waals surface area (Å²) in [5, 5.41) is 0. The minimum Gasteiger partial charge on any atom is -0.493 e. The molecule has 2 heteroatoms. The smallest absolute Gasteiger partial charge is 0.165 e. The summed E-state index contributed by atoms with van der Waals surface area (Å²) >= 11 is 0. The summed E-state index contributed by atoms with van der Waals surface area (Å²) in [4.78, 5) is 11.8. The molecule has 0 N–H and O–H groups in total. The van der Waals surface area contributed by atoms with E-state index in [2.05, 4.69) is 0 Å². The maximum atomic E-state index is 11.8. The summed E-state index contributed by atoms with van der Waals surface area (Å²) in [6.07, 6.45) is 2.56. The molecule has 1 aromatic rings. The van der Waals surface area contributed by atoms with Crippen molar-refractivity contribution in [3.8, 4) is 5.75 Å². The average Bonchev–Trinajstić information content (AvgIpc) is 3.09. The van der Waals surface area contributed by atoms with Crippen molar-refractivity contribution in [3.63, 3.8) is 0 Å². The third-order valence-corrected chi connectivity index (χ3v) is 2.83.